The number of allylic oxidation sites excluding steroid dienone is 2. The molecule has 1 aliphatic rings. The molecule has 1 N–H and O–H groups in total. The first-order chi connectivity index (χ1) is 7.93. The second kappa shape index (κ2) is 3.80. The molecule has 0 bridgehead atoms. The van der Waals surface area contributed by atoms with E-state index in [0.717, 1.165) is 0 Å². The van der Waals surface area contributed by atoms with Crippen molar-refractivity contribution in [2.45, 2.75) is 20.8 Å². The number of aromatic amines is 1. The number of hydrogen-bond donors (Lipinski definition) is 1. The van der Waals surface area contributed by atoms with E-state index in [2.05, 4.69) is 4.98 Å². The number of carbonyl (C=O) groups excluding carboxylic acids is 3. The number of nitrogens with one attached hydrogen (secondary N) is 1. The monoisotopic (exact) mass is 231 g/mol. The summed E-state index contributed by atoms with van der Waals surface area (Å²) in [5, 5.41) is 0. The zero-order valence-electron chi connectivity index (χ0n) is 9.96. The number of ketones is 3. The fourth-order valence-corrected chi connectivity index (χ4v) is 1.97. The van der Waals surface area contributed by atoms with Gasteiger partial charge in [0.25, 0.3) is 0 Å². The molecule has 4 nitrogen and oxygen atoms in total. The Kier molecular flexibility index (Phi) is 2.58. The summed E-state index contributed by atoms with van der Waals surface area (Å²) in [5.41, 5.74) is 1.41. The van der Waals surface area contributed by atoms with Crippen LogP contribution in [0.5, 0.6) is 0 Å². The molecule has 0 fully saturated rings. The maximum Gasteiger partial charge on any atom is 0.202 e. The van der Waals surface area contributed by atoms with Crippen LogP contribution in [-0.2, 0) is 0 Å². The van der Waals surface area contributed by atoms with Gasteiger partial charge in [-0.05, 0) is 19.1 Å². The first-order valence-corrected chi connectivity index (χ1v) is 5.47. The maximum absolute atomic E-state index is 12.0. The van der Waals surface area contributed by atoms with E-state index in [4.69, 9.17) is 0 Å². The highest BCUT2D eigenvalue weighted by Crippen LogP contribution is 2.26. The van der Waals surface area contributed by atoms with Crippen molar-refractivity contribution in [1.82, 2.24) is 4.98 Å². The van der Waals surface area contributed by atoms with Gasteiger partial charge in [-0.25, -0.2) is 0 Å². The van der Waals surface area contributed by atoms with E-state index in [1.165, 1.54) is 12.2 Å². The molecule has 0 unspecified atom stereocenters. The van der Waals surface area contributed by atoms with Crippen LogP contribution in [-0.4, -0.2) is 22.3 Å². The van der Waals surface area contributed by atoms with Crippen molar-refractivity contribution < 1.29 is 14.4 Å². The van der Waals surface area contributed by atoms with E-state index in [1.807, 2.05) is 0 Å². The quantitative estimate of drug-likeness (QED) is 0.792. The summed E-state index contributed by atoms with van der Waals surface area (Å²) in [6.45, 7) is 5.24. The number of Topliss-reactive ketones (excluding diaryl/α,β-unsaturated/α-hetero) is 1. The molecule has 0 saturated heterocycles. The van der Waals surface area contributed by atoms with E-state index in [1.54, 1.807) is 20.8 Å². The van der Waals surface area contributed by atoms with Crippen LogP contribution in [0.25, 0.3) is 0 Å². The van der Waals surface area contributed by atoms with Crippen LogP contribution in [0.15, 0.2) is 12.2 Å². The van der Waals surface area contributed by atoms with E-state index in [0.29, 0.717) is 11.3 Å². The Morgan fingerprint density at radius 1 is 1.18 bits per heavy atom. The lowest BCUT2D eigenvalue weighted by Crippen LogP contribution is -2.16. The zero-order valence-corrected chi connectivity index (χ0v) is 9.96. The number of hydrogen-bond acceptors (Lipinski definition) is 3. The lowest BCUT2D eigenvalue weighted by molar-refractivity contribution is 0.0929. The Morgan fingerprint density at radius 3 is 2.35 bits per heavy atom. The fourth-order valence-electron chi connectivity index (χ4n) is 1.97. The number of H-pyrrole nitrogens is 1. The molecule has 2 rings (SSSR count). The molecular weight excluding hydrogens is 218 g/mol. The number of carbonyl (C=O) groups is 3. The van der Waals surface area contributed by atoms with Gasteiger partial charge in [0.2, 0.25) is 5.78 Å². The molecule has 1 aromatic rings. The summed E-state index contributed by atoms with van der Waals surface area (Å²) < 4.78 is 0. The van der Waals surface area contributed by atoms with Crippen molar-refractivity contribution in [2.24, 2.45) is 5.92 Å². The summed E-state index contributed by atoms with van der Waals surface area (Å²) in [7, 11) is 0. The van der Waals surface area contributed by atoms with Gasteiger partial charge in [0.1, 0.15) is 0 Å². The summed E-state index contributed by atoms with van der Waals surface area (Å²) in [6, 6.07) is 0. The van der Waals surface area contributed by atoms with Crippen LogP contribution < -0.4 is 0 Å². The normalized spacial score (nSPS) is 14.4. The number of fused-ring (bicyclic) bond motifs is 1. The topological polar surface area (TPSA) is 67.0 Å². The molecule has 0 amide bonds. The predicted octanol–water partition coefficient (Wildman–Crippen LogP) is 2.10. The highest BCUT2D eigenvalue weighted by Gasteiger charge is 2.30. The van der Waals surface area contributed by atoms with Crippen molar-refractivity contribution in [3.63, 3.8) is 0 Å². The second-order valence-electron chi connectivity index (χ2n) is 4.46. The minimum Gasteiger partial charge on any atom is -0.355 e. The molecule has 0 aliphatic heterocycles. The smallest absolute Gasteiger partial charge is 0.202 e. The maximum atomic E-state index is 12.0. The van der Waals surface area contributed by atoms with Crippen LogP contribution >= 0.6 is 0 Å². The summed E-state index contributed by atoms with van der Waals surface area (Å²) in [6.07, 6.45) is 2.44. The lowest BCUT2D eigenvalue weighted by atomic mass is 9.92. The van der Waals surface area contributed by atoms with E-state index < -0.39 is 0 Å². The molecule has 4 heteroatoms. The molecule has 0 saturated carbocycles. The van der Waals surface area contributed by atoms with Gasteiger partial charge >= 0.3 is 0 Å². The first-order valence-electron chi connectivity index (χ1n) is 5.47. The highest BCUT2D eigenvalue weighted by atomic mass is 16.1. The summed E-state index contributed by atoms with van der Waals surface area (Å²) >= 11 is 0. The Bertz CT molecular complexity index is 561. The fraction of sp³-hybridized carbons (Fsp3) is 0.308. The van der Waals surface area contributed by atoms with Crippen molar-refractivity contribution >= 4 is 17.3 Å². The van der Waals surface area contributed by atoms with Crippen molar-refractivity contribution in [3.8, 4) is 0 Å². The molecule has 88 valence electrons. The van der Waals surface area contributed by atoms with Crippen LogP contribution in [0.3, 0.4) is 0 Å². The summed E-state index contributed by atoms with van der Waals surface area (Å²) in [4.78, 5) is 38.3. The van der Waals surface area contributed by atoms with Gasteiger partial charge in [-0.2, -0.15) is 0 Å². The first kappa shape index (κ1) is 11.5. The Morgan fingerprint density at radius 2 is 1.76 bits per heavy atom. The average Bonchev–Trinajstić information content (AvgIpc) is 2.61. The van der Waals surface area contributed by atoms with Crippen LogP contribution in [0.1, 0.15) is 50.7 Å². The minimum absolute atomic E-state index is 0.114. The minimum atomic E-state index is -0.284. The van der Waals surface area contributed by atoms with Crippen molar-refractivity contribution in [2.75, 3.05) is 0 Å². The SMILES string of the molecule is Cc1[nH]c2c(c1C(=O)C(C)C)C(=O)C=CC2=O. The van der Waals surface area contributed by atoms with Gasteiger partial charge in [-0.1, -0.05) is 13.8 Å². The third-order valence-corrected chi connectivity index (χ3v) is 2.84. The second-order valence-corrected chi connectivity index (χ2v) is 4.46. The lowest BCUT2D eigenvalue weighted by Gasteiger charge is -2.08. The molecule has 1 heterocycles. The molecule has 1 aliphatic carbocycles. The zero-order chi connectivity index (χ0) is 12.7. The molecule has 0 spiro atoms. The Balaban J connectivity index is 2.68. The van der Waals surface area contributed by atoms with Crippen LogP contribution in [0, 0.1) is 12.8 Å². The predicted molar refractivity (Wildman–Crippen MR) is 62.5 cm³/mol. The van der Waals surface area contributed by atoms with Gasteiger partial charge in [-0.3, -0.25) is 14.4 Å². The van der Waals surface area contributed by atoms with Gasteiger partial charge in [0, 0.05) is 11.6 Å². The largest absolute Gasteiger partial charge is 0.355 e. The average molecular weight is 231 g/mol. The molecule has 1 aromatic heterocycles. The van der Waals surface area contributed by atoms with Crippen molar-refractivity contribution in [1.29, 1.82) is 0 Å². The van der Waals surface area contributed by atoms with Crippen LogP contribution in [0.4, 0.5) is 0 Å². The van der Waals surface area contributed by atoms with Crippen LogP contribution in [0.2, 0.25) is 0 Å². The molecule has 0 radical (unpaired) electrons. The molecule has 0 atom stereocenters. The van der Waals surface area contributed by atoms with Gasteiger partial charge in [-0.15, -0.1) is 0 Å². The Hall–Kier alpha value is -1.97. The van der Waals surface area contributed by atoms with E-state index in [-0.39, 0.29) is 34.5 Å². The molecule has 17 heavy (non-hydrogen) atoms. The van der Waals surface area contributed by atoms with Gasteiger partial charge in [0.15, 0.2) is 11.6 Å². The Labute approximate surface area is 98.7 Å². The summed E-state index contributed by atoms with van der Waals surface area (Å²) in [5.74, 6) is -0.864. The molecule has 0 aromatic carbocycles. The number of rotatable bonds is 2. The molecular formula is C13H13NO3. The van der Waals surface area contributed by atoms with E-state index in [9.17, 15) is 14.4 Å². The third-order valence-electron chi connectivity index (χ3n) is 2.84. The van der Waals surface area contributed by atoms with Gasteiger partial charge < -0.3 is 4.98 Å². The third kappa shape index (κ3) is 1.65. The van der Waals surface area contributed by atoms with Gasteiger partial charge in [0.05, 0.1) is 16.8 Å². The van der Waals surface area contributed by atoms with E-state index >= 15 is 0 Å². The number of aryl methyl sites for hydroxylation is 1. The number of aromatic nitrogens is 1. The highest BCUT2D eigenvalue weighted by molar-refractivity contribution is 6.25. The standard InChI is InChI=1S/C13H13NO3/c1-6(2)13(17)10-7(3)14-12-9(16)5-4-8(15)11(10)12/h4-6,14H,1-3H3. The van der Waals surface area contributed by atoms with Crippen molar-refractivity contribution in [3.05, 3.63) is 34.7 Å².